The van der Waals surface area contributed by atoms with E-state index in [0.717, 1.165) is 38.5 Å². The zero-order valence-electron chi connectivity index (χ0n) is 21.1. The first-order valence-corrected chi connectivity index (χ1v) is 15.1. The molecule has 0 aromatic heterocycles. The first kappa shape index (κ1) is 34.9. The van der Waals surface area contributed by atoms with E-state index in [0.29, 0.717) is 12.8 Å². The highest BCUT2D eigenvalue weighted by molar-refractivity contribution is 7.87. The third-order valence-electron chi connectivity index (χ3n) is 5.48. The number of alkyl halides is 6. The van der Waals surface area contributed by atoms with Crippen molar-refractivity contribution in [3.05, 3.63) is 0 Å². The molecule has 0 saturated carbocycles. The summed E-state index contributed by atoms with van der Waals surface area (Å²) in [4.78, 5) is 0. The third kappa shape index (κ3) is 12.0. The highest BCUT2D eigenvalue weighted by Crippen LogP contribution is 2.33. The first-order chi connectivity index (χ1) is 17.5. The molecule has 0 aliphatic carbocycles. The fraction of sp³-hybridized carbons (Fsp3) is 0.909. The Hall–Kier alpha value is -1.12. The fourth-order valence-corrected chi connectivity index (χ4v) is 4.72. The molecule has 1 heterocycles. The number of unbranched alkanes of at least 4 members (excludes halogenated alkanes) is 9. The molecular formula is C22H34F6O8S2. The monoisotopic (exact) mass is 604 g/mol. The second-order valence-corrected chi connectivity index (χ2v) is 11.8. The Balaban J connectivity index is 2.89. The van der Waals surface area contributed by atoms with Gasteiger partial charge in [-0.25, -0.2) is 0 Å². The van der Waals surface area contributed by atoms with Crippen LogP contribution in [0.25, 0.3) is 0 Å². The van der Waals surface area contributed by atoms with E-state index in [-0.39, 0.29) is 0 Å². The van der Waals surface area contributed by atoms with Gasteiger partial charge in [0.05, 0.1) is 6.61 Å². The average Bonchev–Trinajstić information content (AvgIpc) is 2.78. The van der Waals surface area contributed by atoms with Crippen molar-refractivity contribution in [3.63, 3.8) is 0 Å². The van der Waals surface area contributed by atoms with E-state index in [4.69, 9.17) is 9.47 Å². The van der Waals surface area contributed by atoms with Gasteiger partial charge < -0.3 is 9.47 Å². The Morgan fingerprint density at radius 2 is 1.37 bits per heavy atom. The van der Waals surface area contributed by atoms with Gasteiger partial charge in [-0.1, -0.05) is 58.3 Å². The van der Waals surface area contributed by atoms with Crippen LogP contribution in [0.15, 0.2) is 0 Å². The minimum atomic E-state index is -6.24. The third-order valence-corrected chi connectivity index (χ3v) is 7.61. The lowest BCUT2D eigenvalue weighted by atomic mass is 10.0. The van der Waals surface area contributed by atoms with Crippen LogP contribution < -0.4 is 0 Å². The van der Waals surface area contributed by atoms with Crippen LogP contribution in [-0.4, -0.2) is 59.1 Å². The van der Waals surface area contributed by atoms with Crippen LogP contribution in [-0.2, 0) is 38.1 Å². The van der Waals surface area contributed by atoms with Crippen molar-refractivity contribution in [1.29, 1.82) is 0 Å². The van der Waals surface area contributed by atoms with Gasteiger partial charge in [0.1, 0.15) is 18.3 Å². The van der Waals surface area contributed by atoms with Crippen molar-refractivity contribution in [2.24, 2.45) is 0 Å². The molecule has 8 nitrogen and oxygen atoms in total. The second kappa shape index (κ2) is 15.6. The maximum atomic E-state index is 12.9. The molecule has 4 atom stereocenters. The summed E-state index contributed by atoms with van der Waals surface area (Å²) in [5, 5.41) is 0. The molecule has 1 aliphatic heterocycles. The Bertz CT molecular complexity index is 971. The number of rotatable bonds is 15. The molecule has 0 aromatic rings. The lowest BCUT2D eigenvalue weighted by Crippen LogP contribution is -2.53. The maximum absolute atomic E-state index is 12.9. The van der Waals surface area contributed by atoms with Gasteiger partial charge in [-0.3, -0.25) is 8.37 Å². The molecule has 0 unspecified atom stereocenters. The Kier molecular flexibility index (Phi) is 14.3. The van der Waals surface area contributed by atoms with Crippen LogP contribution in [0.3, 0.4) is 0 Å². The summed E-state index contributed by atoms with van der Waals surface area (Å²) >= 11 is 0. The maximum Gasteiger partial charge on any atom is 0.523 e. The van der Waals surface area contributed by atoms with Crippen LogP contribution in [0.5, 0.6) is 0 Å². The Morgan fingerprint density at radius 1 is 0.842 bits per heavy atom. The molecule has 1 rings (SSSR count). The van der Waals surface area contributed by atoms with Gasteiger partial charge >= 0.3 is 31.3 Å². The molecule has 1 saturated heterocycles. The number of halogens is 6. The van der Waals surface area contributed by atoms with E-state index in [1.807, 2.05) is 0 Å². The van der Waals surface area contributed by atoms with E-state index in [1.54, 1.807) is 0 Å². The Labute approximate surface area is 220 Å². The van der Waals surface area contributed by atoms with Gasteiger partial charge in [0.15, 0.2) is 6.29 Å². The summed E-state index contributed by atoms with van der Waals surface area (Å²) < 4.78 is 142. The van der Waals surface area contributed by atoms with E-state index in [9.17, 15) is 43.2 Å². The largest absolute Gasteiger partial charge is 0.523 e. The minimum Gasteiger partial charge on any atom is -0.350 e. The Morgan fingerprint density at radius 3 is 1.89 bits per heavy atom. The normalized spacial score (nSPS) is 22.1. The second-order valence-electron chi connectivity index (χ2n) is 8.71. The summed E-state index contributed by atoms with van der Waals surface area (Å²) in [6, 6.07) is 0. The molecule has 224 valence electrons. The average molecular weight is 605 g/mol. The molecule has 0 N–H and O–H groups in total. The predicted molar refractivity (Wildman–Crippen MR) is 124 cm³/mol. The lowest BCUT2D eigenvalue weighted by molar-refractivity contribution is -0.256. The van der Waals surface area contributed by atoms with Gasteiger partial charge in [-0.15, -0.1) is 11.8 Å². The van der Waals surface area contributed by atoms with Crippen molar-refractivity contribution >= 4 is 20.2 Å². The molecular weight excluding hydrogens is 570 g/mol. The molecule has 38 heavy (non-hydrogen) atoms. The molecule has 0 spiro atoms. The van der Waals surface area contributed by atoms with Crippen LogP contribution >= 0.6 is 0 Å². The van der Waals surface area contributed by atoms with E-state index in [2.05, 4.69) is 27.1 Å². The van der Waals surface area contributed by atoms with Crippen LogP contribution in [0.2, 0.25) is 0 Å². The molecule has 1 aliphatic rings. The minimum absolute atomic E-state index is 0.335. The highest BCUT2D eigenvalue weighted by atomic mass is 32.2. The lowest BCUT2D eigenvalue weighted by Gasteiger charge is -2.37. The molecule has 0 amide bonds. The zero-order chi connectivity index (χ0) is 29.0. The van der Waals surface area contributed by atoms with Gasteiger partial charge in [0, 0.05) is 12.8 Å². The van der Waals surface area contributed by atoms with Gasteiger partial charge in [-0.05, 0) is 13.3 Å². The van der Waals surface area contributed by atoms with Crippen molar-refractivity contribution in [1.82, 2.24) is 0 Å². The van der Waals surface area contributed by atoms with Crippen LogP contribution in [0, 0.1) is 11.8 Å². The fourth-order valence-electron chi connectivity index (χ4n) is 3.51. The SMILES string of the molecule is CCCCCCCCCCCC#CC[C@@H](OS(=O)(=O)C(F)(F)F)[C@H]1O[C@@H](C)OC[C@H]1OS(=O)(=O)C(F)(F)F. The predicted octanol–water partition coefficient (Wildman–Crippen LogP) is 5.53. The topological polar surface area (TPSA) is 105 Å². The summed E-state index contributed by atoms with van der Waals surface area (Å²) in [6.07, 6.45) is 1.46. The van der Waals surface area contributed by atoms with Crippen LogP contribution in [0.1, 0.15) is 84.5 Å². The quantitative estimate of drug-likeness (QED) is 0.0790. The smallest absolute Gasteiger partial charge is 0.350 e. The van der Waals surface area contributed by atoms with Crippen molar-refractivity contribution in [3.8, 4) is 11.8 Å². The number of hydrogen-bond acceptors (Lipinski definition) is 8. The van der Waals surface area contributed by atoms with Crippen molar-refractivity contribution in [2.75, 3.05) is 6.61 Å². The number of ether oxygens (including phenoxy) is 2. The van der Waals surface area contributed by atoms with E-state index >= 15 is 0 Å². The van der Waals surface area contributed by atoms with Gasteiger partial charge in [0.25, 0.3) is 0 Å². The molecule has 16 heteroatoms. The van der Waals surface area contributed by atoms with Crippen LogP contribution in [0.4, 0.5) is 26.3 Å². The molecule has 0 radical (unpaired) electrons. The summed E-state index contributed by atoms with van der Waals surface area (Å²) in [5.74, 6) is 5.12. The van der Waals surface area contributed by atoms with Crippen molar-refractivity contribution in [2.45, 2.75) is 120 Å². The van der Waals surface area contributed by atoms with Gasteiger partial charge in [0.2, 0.25) is 0 Å². The molecule has 0 bridgehead atoms. The summed E-state index contributed by atoms with van der Waals surface area (Å²) in [5.41, 5.74) is -11.7. The summed E-state index contributed by atoms with van der Waals surface area (Å²) in [6.45, 7) is 2.48. The van der Waals surface area contributed by atoms with E-state index in [1.165, 1.54) is 19.8 Å². The number of hydrogen-bond donors (Lipinski definition) is 0. The first-order valence-electron chi connectivity index (χ1n) is 12.2. The molecule has 1 fully saturated rings. The highest BCUT2D eigenvalue weighted by Gasteiger charge is 2.54. The van der Waals surface area contributed by atoms with E-state index < -0.39 is 68.9 Å². The van der Waals surface area contributed by atoms with Gasteiger partial charge in [-0.2, -0.15) is 43.2 Å². The van der Waals surface area contributed by atoms with Crippen molar-refractivity contribution < 1.29 is 61.0 Å². The molecule has 0 aromatic carbocycles. The zero-order valence-corrected chi connectivity index (χ0v) is 22.8. The summed E-state index contributed by atoms with van der Waals surface area (Å²) in [7, 11) is -12.5. The standard InChI is InChI=1S/C22H34F6O8S2/c1-3-4-5-6-7-8-9-10-11-12-13-14-15-18(35-37(29,30)21(23,24)25)20-19(16-33-17(2)34-20)36-38(31,32)22(26,27)28/h17-20H,3-12,15-16H2,1-2H3/t17-,18+,19+,20+/m0/s1.